The predicted octanol–water partition coefficient (Wildman–Crippen LogP) is -0.417. The molecule has 0 aliphatic rings. The van der Waals surface area contributed by atoms with E-state index in [-0.39, 0.29) is 0 Å². The lowest BCUT2D eigenvalue weighted by molar-refractivity contribution is 0.216. The minimum Gasteiger partial charge on any atom is -0.402 e. The summed E-state index contributed by atoms with van der Waals surface area (Å²) >= 11 is 1.22. The van der Waals surface area contributed by atoms with Crippen molar-refractivity contribution in [2.24, 2.45) is 0 Å². The summed E-state index contributed by atoms with van der Waals surface area (Å²) in [5.41, 5.74) is 0. The van der Waals surface area contributed by atoms with Crippen molar-refractivity contribution in [3.8, 4) is 0 Å². The quantitative estimate of drug-likeness (QED) is 0.530. The molecular weight excluding hydrogens is 132 g/mol. The number of nitrogens with zero attached hydrogens (tertiary/aromatic N) is 1. The highest BCUT2D eigenvalue weighted by molar-refractivity contribution is 7.10. The zero-order chi connectivity index (χ0) is 6.91. The molecule has 4 radical (unpaired) electrons. The molecular formula is C4H3B2NOS. The molecule has 2 nitrogen and oxygen atoms in total. The summed E-state index contributed by atoms with van der Waals surface area (Å²) in [5.74, 6) is 0. The van der Waals surface area contributed by atoms with Gasteiger partial charge in [-0.25, -0.2) is 4.98 Å². The van der Waals surface area contributed by atoms with Gasteiger partial charge in [0.05, 0.1) is 0 Å². The van der Waals surface area contributed by atoms with E-state index in [1.807, 2.05) is 0 Å². The van der Waals surface area contributed by atoms with E-state index in [1.165, 1.54) is 17.5 Å². The number of thiazole rings is 1. The molecule has 0 atom stereocenters. The molecule has 0 aliphatic heterocycles. The van der Waals surface area contributed by atoms with Crippen molar-refractivity contribution in [3.63, 3.8) is 0 Å². The Morgan fingerprint density at radius 3 is 2.56 bits per heavy atom. The molecule has 1 heterocycles. The van der Waals surface area contributed by atoms with Gasteiger partial charge in [0.15, 0.2) is 0 Å². The van der Waals surface area contributed by atoms with Gasteiger partial charge in [-0.15, -0.1) is 11.3 Å². The van der Waals surface area contributed by atoms with Crippen molar-refractivity contribution in [2.45, 2.75) is 5.40 Å². The van der Waals surface area contributed by atoms with Crippen LogP contribution in [0.5, 0.6) is 0 Å². The van der Waals surface area contributed by atoms with Gasteiger partial charge in [0, 0.05) is 17.0 Å². The summed E-state index contributed by atoms with van der Waals surface area (Å²) < 4.78 is 0. The molecule has 5 heteroatoms. The van der Waals surface area contributed by atoms with Gasteiger partial charge in [-0.2, -0.15) is 0 Å². The van der Waals surface area contributed by atoms with Crippen LogP contribution in [0.15, 0.2) is 11.6 Å². The molecule has 0 aliphatic carbocycles. The van der Waals surface area contributed by atoms with E-state index >= 15 is 0 Å². The second kappa shape index (κ2) is 2.15. The Morgan fingerprint density at radius 1 is 1.67 bits per heavy atom. The molecule has 1 aromatic heterocycles. The van der Waals surface area contributed by atoms with E-state index in [0.29, 0.717) is 5.01 Å². The van der Waals surface area contributed by atoms with Crippen molar-refractivity contribution in [2.75, 3.05) is 0 Å². The van der Waals surface area contributed by atoms with Gasteiger partial charge in [-0.05, 0) is 0 Å². The maximum atomic E-state index is 8.88. The lowest BCUT2D eigenvalue weighted by atomic mass is 9.66. The normalized spacial score (nSPS) is 11.7. The molecule has 9 heavy (non-hydrogen) atoms. The van der Waals surface area contributed by atoms with E-state index in [4.69, 9.17) is 20.8 Å². The van der Waals surface area contributed by atoms with Crippen molar-refractivity contribution in [3.05, 3.63) is 16.6 Å². The zero-order valence-corrected chi connectivity index (χ0v) is 5.43. The molecule has 0 fully saturated rings. The summed E-state index contributed by atoms with van der Waals surface area (Å²) in [6.07, 6.45) is 1.53. The fourth-order valence-electron chi connectivity index (χ4n) is 0.421. The summed E-state index contributed by atoms with van der Waals surface area (Å²) in [6, 6.07) is 0. The molecule has 1 rings (SSSR count). The topological polar surface area (TPSA) is 33.1 Å². The van der Waals surface area contributed by atoms with Crippen LogP contribution in [0, 0.1) is 0 Å². The molecule has 0 aromatic carbocycles. The Balaban J connectivity index is 2.90. The minimum absolute atomic E-state index is 0.322. The van der Waals surface area contributed by atoms with Gasteiger partial charge >= 0.3 is 0 Å². The van der Waals surface area contributed by atoms with E-state index in [2.05, 4.69) is 4.98 Å². The predicted molar refractivity (Wildman–Crippen MR) is 37.5 cm³/mol. The monoisotopic (exact) mass is 135 g/mol. The van der Waals surface area contributed by atoms with Gasteiger partial charge in [-0.1, -0.05) is 0 Å². The van der Waals surface area contributed by atoms with Gasteiger partial charge in [0.25, 0.3) is 0 Å². The number of rotatable bonds is 1. The lowest BCUT2D eigenvalue weighted by Crippen LogP contribution is -2.25. The first-order valence-electron chi connectivity index (χ1n) is 2.31. The maximum absolute atomic E-state index is 8.88. The largest absolute Gasteiger partial charge is 0.402 e. The first-order valence-corrected chi connectivity index (χ1v) is 3.19. The van der Waals surface area contributed by atoms with E-state index in [9.17, 15) is 0 Å². The Labute approximate surface area is 59.8 Å². The fourth-order valence-corrected chi connectivity index (χ4v) is 0.982. The number of hydrogen-bond acceptors (Lipinski definition) is 3. The highest BCUT2D eigenvalue weighted by Gasteiger charge is 2.16. The van der Waals surface area contributed by atoms with E-state index in [0.717, 1.165) is 0 Å². The standard InChI is InChI=1S/C4H3B2NOS/c5-4(6,8)3-7-1-2-9-3/h1-2,8H. The molecule has 0 unspecified atom stereocenters. The second-order valence-corrected chi connectivity index (χ2v) is 2.56. The van der Waals surface area contributed by atoms with E-state index in [1.54, 1.807) is 5.38 Å². The first kappa shape index (κ1) is 6.83. The third kappa shape index (κ3) is 1.56. The van der Waals surface area contributed by atoms with E-state index < -0.39 is 5.40 Å². The lowest BCUT2D eigenvalue weighted by Gasteiger charge is -2.13. The minimum atomic E-state index is -1.77. The van der Waals surface area contributed by atoms with Gasteiger partial charge in [-0.3, -0.25) is 0 Å². The van der Waals surface area contributed by atoms with Crippen LogP contribution in [0.2, 0.25) is 0 Å². The third-order valence-corrected chi connectivity index (χ3v) is 1.69. The van der Waals surface area contributed by atoms with Crippen LogP contribution in [0.3, 0.4) is 0 Å². The second-order valence-electron chi connectivity index (χ2n) is 1.66. The first-order chi connectivity index (χ1) is 4.11. The number of aliphatic hydroxyl groups is 1. The molecule has 0 saturated heterocycles. The van der Waals surface area contributed by atoms with Gasteiger partial charge in [0.2, 0.25) is 0 Å². The Kier molecular flexibility index (Phi) is 1.64. The summed E-state index contributed by atoms with van der Waals surface area (Å²) in [6.45, 7) is 0. The third-order valence-electron chi connectivity index (χ3n) is 0.775. The maximum Gasteiger partial charge on any atom is 0.109 e. The molecule has 0 spiro atoms. The summed E-state index contributed by atoms with van der Waals surface area (Å²) in [5, 5.41) is 9.13. The van der Waals surface area contributed by atoms with Crippen LogP contribution in [-0.4, -0.2) is 25.8 Å². The Bertz CT molecular complexity index is 181. The van der Waals surface area contributed by atoms with Gasteiger partial charge in [0.1, 0.15) is 20.7 Å². The molecule has 1 aromatic rings. The molecule has 0 amide bonds. The molecule has 0 saturated carbocycles. The smallest absolute Gasteiger partial charge is 0.109 e. The summed E-state index contributed by atoms with van der Waals surface area (Å²) in [4.78, 5) is 3.71. The van der Waals surface area contributed by atoms with Crippen LogP contribution in [-0.2, 0) is 5.40 Å². The van der Waals surface area contributed by atoms with Crippen LogP contribution >= 0.6 is 11.3 Å². The van der Waals surface area contributed by atoms with Crippen molar-refractivity contribution < 1.29 is 5.11 Å². The average Bonchev–Trinajstić information content (AvgIpc) is 2.08. The molecule has 1 N–H and O–H groups in total. The highest BCUT2D eigenvalue weighted by atomic mass is 32.1. The van der Waals surface area contributed by atoms with Crippen LogP contribution in [0.1, 0.15) is 5.01 Å². The molecule has 0 bridgehead atoms. The summed E-state index contributed by atoms with van der Waals surface area (Å²) in [7, 11) is 10.2. The number of aromatic nitrogens is 1. The molecule has 42 valence electrons. The Hall–Kier alpha value is -0.280. The van der Waals surface area contributed by atoms with Crippen LogP contribution in [0.4, 0.5) is 0 Å². The zero-order valence-electron chi connectivity index (χ0n) is 4.61. The number of hydrogen-bond donors (Lipinski definition) is 1. The van der Waals surface area contributed by atoms with Crippen molar-refractivity contribution in [1.29, 1.82) is 0 Å². The van der Waals surface area contributed by atoms with Crippen LogP contribution < -0.4 is 0 Å². The van der Waals surface area contributed by atoms with Crippen molar-refractivity contribution in [1.82, 2.24) is 4.98 Å². The van der Waals surface area contributed by atoms with Crippen molar-refractivity contribution >= 4 is 27.0 Å². The SMILES string of the molecule is [B]C([B])(O)c1nccs1. The van der Waals surface area contributed by atoms with Gasteiger partial charge < -0.3 is 5.11 Å². The highest BCUT2D eigenvalue weighted by Crippen LogP contribution is 2.14. The Morgan fingerprint density at radius 2 is 2.33 bits per heavy atom. The van der Waals surface area contributed by atoms with Crippen LogP contribution in [0.25, 0.3) is 0 Å². The fraction of sp³-hybridized carbons (Fsp3) is 0.250. The average molecular weight is 135 g/mol.